The number of nitrogens with one attached hydrogen (secondary N) is 1. The first-order valence-electron chi connectivity index (χ1n) is 12.5. The van der Waals surface area contributed by atoms with Crippen LogP contribution in [-0.2, 0) is 5.41 Å². The van der Waals surface area contributed by atoms with Gasteiger partial charge in [0.1, 0.15) is 17.0 Å². The first-order valence-corrected chi connectivity index (χ1v) is 13.2. The smallest absolute Gasteiger partial charge is 0.320 e. The fourth-order valence-corrected chi connectivity index (χ4v) is 6.16. The predicted molar refractivity (Wildman–Crippen MR) is 141 cm³/mol. The molecule has 2 amide bonds. The van der Waals surface area contributed by atoms with Gasteiger partial charge in [-0.25, -0.2) is 14.2 Å². The van der Waals surface area contributed by atoms with Crippen LogP contribution in [0.3, 0.4) is 0 Å². The Morgan fingerprint density at radius 2 is 2.00 bits per heavy atom. The molecule has 36 heavy (non-hydrogen) atoms. The van der Waals surface area contributed by atoms with Crippen molar-refractivity contribution in [2.24, 2.45) is 5.92 Å². The number of fused-ring (bicyclic) bond motifs is 1. The number of nitrogens with zero attached hydrogens (tertiary/aromatic N) is 4. The van der Waals surface area contributed by atoms with Gasteiger partial charge in [0.2, 0.25) is 0 Å². The molecular formula is C27H32Cl2FN5O. The van der Waals surface area contributed by atoms with Gasteiger partial charge < -0.3 is 10.2 Å². The van der Waals surface area contributed by atoms with Crippen molar-refractivity contribution in [2.45, 2.75) is 57.0 Å². The zero-order valence-corrected chi connectivity index (χ0v) is 22.2. The molecule has 0 radical (unpaired) electrons. The second-order valence-electron chi connectivity index (χ2n) is 10.1. The van der Waals surface area contributed by atoms with Crippen LogP contribution in [0.1, 0.15) is 50.7 Å². The van der Waals surface area contributed by atoms with Crippen molar-refractivity contribution in [3.05, 3.63) is 57.8 Å². The highest BCUT2D eigenvalue weighted by Gasteiger charge is 2.58. The SMILES string of the molecule is CC(C)N(CCF)CCN(C(=O)Nc1cc(Cl)nc(Cl)c1)[C@@H]1CC[C@]2(c3cccc(C#N)c3)CC2C1. The van der Waals surface area contributed by atoms with Gasteiger partial charge in [-0.05, 0) is 80.7 Å². The molecule has 6 nitrogen and oxygen atoms in total. The van der Waals surface area contributed by atoms with E-state index in [0.29, 0.717) is 36.8 Å². The lowest BCUT2D eigenvalue weighted by atomic mass is 9.80. The van der Waals surface area contributed by atoms with Gasteiger partial charge >= 0.3 is 6.03 Å². The third kappa shape index (κ3) is 5.94. The van der Waals surface area contributed by atoms with Crippen LogP contribution in [0.15, 0.2) is 36.4 Å². The molecule has 192 valence electrons. The highest BCUT2D eigenvalue weighted by Crippen LogP contribution is 2.62. The third-order valence-electron chi connectivity index (χ3n) is 7.72. The molecule has 1 heterocycles. The summed E-state index contributed by atoms with van der Waals surface area (Å²) in [6, 6.07) is 13.3. The number of anilines is 1. The van der Waals surface area contributed by atoms with Gasteiger partial charge in [-0.3, -0.25) is 4.90 Å². The molecule has 0 aliphatic heterocycles. The van der Waals surface area contributed by atoms with Crippen molar-refractivity contribution in [3.8, 4) is 6.07 Å². The molecule has 1 aromatic carbocycles. The zero-order valence-electron chi connectivity index (χ0n) is 20.7. The zero-order chi connectivity index (χ0) is 25.9. The van der Waals surface area contributed by atoms with E-state index < -0.39 is 6.67 Å². The van der Waals surface area contributed by atoms with Crippen LogP contribution >= 0.6 is 23.2 Å². The average Bonchev–Trinajstić information content (AvgIpc) is 3.58. The van der Waals surface area contributed by atoms with Crippen molar-refractivity contribution in [1.82, 2.24) is 14.8 Å². The average molecular weight is 532 g/mol. The fraction of sp³-hybridized carbons (Fsp3) is 0.519. The number of hydrogen-bond donors (Lipinski definition) is 1. The number of urea groups is 1. The van der Waals surface area contributed by atoms with Gasteiger partial charge in [0.25, 0.3) is 0 Å². The van der Waals surface area contributed by atoms with Gasteiger partial charge in [-0.15, -0.1) is 0 Å². The minimum atomic E-state index is -0.422. The van der Waals surface area contributed by atoms with Crippen molar-refractivity contribution in [1.29, 1.82) is 5.26 Å². The van der Waals surface area contributed by atoms with Crippen molar-refractivity contribution < 1.29 is 9.18 Å². The topological polar surface area (TPSA) is 72.3 Å². The molecule has 9 heteroatoms. The van der Waals surface area contributed by atoms with Gasteiger partial charge in [0, 0.05) is 37.4 Å². The molecule has 0 saturated heterocycles. The van der Waals surface area contributed by atoms with E-state index in [1.807, 2.05) is 36.9 Å². The Morgan fingerprint density at radius 3 is 2.64 bits per heavy atom. The Labute approximate surface area is 222 Å². The number of rotatable bonds is 9. The summed E-state index contributed by atoms with van der Waals surface area (Å²) in [5, 5.41) is 12.7. The van der Waals surface area contributed by atoms with Gasteiger partial charge in [-0.1, -0.05) is 35.3 Å². The Balaban J connectivity index is 1.50. The normalized spacial score (nSPS) is 22.7. The highest BCUT2D eigenvalue weighted by molar-refractivity contribution is 6.32. The summed E-state index contributed by atoms with van der Waals surface area (Å²) in [6.45, 7) is 5.07. The number of alkyl halides is 1. The summed E-state index contributed by atoms with van der Waals surface area (Å²) in [6.07, 6.45) is 3.80. The lowest BCUT2D eigenvalue weighted by molar-refractivity contribution is 0.132. The standard InChI is InChI=1S/C27H32Cl2FN5O/c1-18(2)34(9-8-30)10-11-35(26(36)32-22-14-24(28)33-25(29)15-22)23-6-7-27(16-21(27)13-23)20-5-3-4-19(12-20)17-31/h3-5,12,14-15,18,21,23H,6-11,13,16H2,1-2H3,(H,32,33,36)/t21?,23-,27-/m1/s1. The quantitative estimate of drug-likeness (QED) is 0.386. The minimum Gasteiger partial charge on any atom is -0.320 e. The number of amides is 2. The maximum Gasteiger partial charge on any atom is 0.322 e. The van der Waals surface area contributed by atoms with Gasteiger partial charge in [-0.2, -0.15) is 5.26 Å². The second-order valence-corrected chi connectivity index (χ2v) is 10.9. The monoisotopic (exact) mass is 531 g/mol. The minimum absolute atomic E-state index is 0.0666. The molecule has 2 saturated carbocycles. The molecular weight excluding hydrogens is 500 g/mol. The number of carbonyl (C=O) groups is 1. The number of pyridine rings is 1. The molecule has 0 bridgehead atoms. The summed E-state index contributed by atoms with van der Waals surface area (Å²) < 4.78 is 13.1. The van der Waals surface area contributed by atoms with Crippen LogP contribution in [0.4, 0.5) is 14.9 Å². The molecule has 1 aromatic heterocycles. The van der Waals surface area contributed by atoms with Crippen LogP contribution in [-0.4, -0.2) is 59.2 Å². The van der Waals surface area contributed by atoms with E-state index >= 15 is 0 Å². The maximum absolute atomic E-state index is 13.5. The first-order chi connectivity index (χ1) is 17.3. The van der Waals surface area contributed by atoms with Gasteiger partial charge in [0.05, 0.1) is 11.6 Å². The number of benzene rings is 1. The molecule has 1 unspecified atom stereocenters. The van der Waals surface area contributed by atoms with Crippen molar-refractivity contribution >= 4 is 34.9 Å². The molecule has 3 atom stereocenters. The van der Waals surface area contributed by atoms with Crippen LogP contribution in [0.5, 0.6) is 0 Å². The fourth-order valence-electron chi connectivity index (χ4n) is 5.70. The largest absolute Gasteiger partial charge is 0.322 e. The summed E-state index contributed by atoms with van der Waals surface area (Å²) in [4.78, 5) is 21.4. The lowest BCUT2D eigenvalue weighted by Gasteiger charge is -2.38. The van der Waals surface area contributed by atoms with Crippen molar-refractivity contribution in [2.75, 3.05) is 31.6 Å². The van der Waals surface area contributed by atoms with E-state index in [9.17, 15) is 14.4 Å². The van der Waals surface area contributed by atoms with E-state index in [4.69, 9.17) is 23.2 Å². The van der Waals surface area contributed by atoms with E-state index in [2.05, 4.69) is 27.3 Å². The summed E-state index contributed by atoms with van der Waals surface area (Å²) in [5.41, 5.74) is 2.52. The lowest BCUT2D eigenvalue weighted by Crippen LogP contribution is -2.49. The Hall–Kier alpha value is -2.40. The van der Waals surface area contributed by atoms with E-state index in [-0.39, 0.29) is 33.8 Å². The van der Waals surface area contributed by atoms with Gasteiger partial charge in [0.15, 0.2) is 0 Å². The van der Waals surface area contributed by atoms with Crippen molar-refractivity contribution in [3.63, 3.8) is 0 Å². The molecule has 1 N–H and O–H groups in total. The number of nitriles is 1. The van der Waals surface area contributed by atoms with Crippen LogP contribution < -0.4 is 5.32 Å². The van der Waals surface area contributed by atoms with E-state index in [0.717, 1.165) is 25.7 Å². The number of aromatic nitrogens is 1. The Morgan fingerprint density at radius 1 is 1.25 bits per heavy atom. The third-order valence-corrected chi connectivity index (χ3v) is 8.11. The Bertz CT molecular complexity index is 1120. The summed E-state index contributed by atoms with van der Waals surface area (Å²) in [7, 11) is 0. The highest BCUT2D eigenvalue weighted by atomic mass is 35.5. The molecule has 0 spiro atoms. The maximum atomic E-state index is 13.5. The molecule has 2 aromatic rings. The van der Waals surface area contributed by atoms with E-state index in [1.54, 1.807) is 12.1 Å². The van der Waals surface area contributed by atoms with E-state index in [1.165, 1.54) is 5.56 Å². The molecule has 2 aliphatic carbocycles. The summed E-state index contributed by atoms with van der Waals surface area (Å²) >= 11 is 12.1. The number of halogens is 3. The summed E-state index contributed by atoms with van der Waals surface area (Å²) in [5.74, 6) is 0.470. The van der Waals surface area contributed by atoms with Crippen LogP contribution in [0.25, 0.3) is 0 Å². The Kier molecular flexibility index (Phi) is 8.39. The number of hydrogen-bond acceptors (Lipinski definition) is 4. The second kappa shape index (κ2) is 11.3. The predicted octanol–water partition coefficient (Wildman–Crippen LogP) is 6.28. The molecule has 4 rings (SSSR count). The molecule has 2 aliphatic rings. The van der Waals surface area contributed by atoms with Crippen LogP contribution in [0.2, 0.25) is 10.3 Å². The molecule has 2 fully saturated rings. The first kappa shape index (κ1) is 26.7. The number of carbonyl (C=O) groups excluding carboxylic acids is 1. The van der Waals surface area contributed by atoms with Crippen LogP contribution in [0, 0.1) is 17.2 Å².